The molecule has 1 aliphatic carbocycles. The summed E-state index contributed by atoms with van der Waals surface area (Å²) >= 11 is 0. The van der Waals surface area contributed by atoms with Crippen LogP contribution in [0.2, 0.25) is 0 Å². The molecule has 5 atom stereocenters. The number of methoxy groups -OCH3 is 2. The van der Waals surface area contributed by atoms with Crippen molar-refractivity contribution in [2.75, 3.05) is 20.8 Å². The average Bonchev–Trinajstić information content (AvgIpc) is 2.98. The SMILES string of the molecule is COc1cccc2c1C(=O)c1c(OC)cc(C=N[C@H]3C(OC(C)=O)O[C@H](COC(C)=O)[C@@H](OC(C)=O)[C@H]3OC(C)=O)cc1C2=O. The van der Waals surface area contributed by atoms with Gasteiger partial charge in [0.15, 0.2) is 24.0 Å². The molecule has 0 amide bonds. The lowest BCUT2D eigenvalue weighted by Gasteiger charge is -2.42. The van der Waals surface area contributed by atoms with Crippen molar-refractivity contribution < 1.29 is 61.9 Å². The number of nitrogens with zero attached hydrogens (tertiary/aromatic N) is 1. The number of carbonyl (C=O) groups is 6. The minimum absolute atomic E-state index is 0.0384. The van der Waals surface area contributed by atoms with Gasteiger partial charge >= 0.3 is 23.9 Å². The first-order valence-corrected chi connectivity index (χ1v) is 13.7. The van der Waals surface area contributed by atoms with Crippen molar-refractivity contribution in [2.24, 2.45) is 4.99 Å². The highest BCUT2D eigenvalue weighted by Gasteiger charge is 2.51. The molecule has 1 saturated heterocycles. The Bertz CT molecular complexity index is 1580. The van der Waals surface area contributed by atoms with Crippen LogP contribution in [0.1, 0.15) is 65.1 Å². The zero-order chi connectivity index (χ0) is 33.0. The van der Waals surface area contributed by atoms with Crippen LogP contribution in [0.3, 0.4) is 0 Å². The number of ketones is 2. The van der Waals surface area contributed by atoms with Gasteiger partial charge in [-0.1, -0.05) is 12.1 Å². The van der Waals surface area contributed by atoms with E-state index in [1.165, 1.54) is 38.6 Å². The Hall–Kier alpha value is -5.11. The molecule has 1 fully saturated rings. The van der Waals surface area contributed by atoms with Gasteiger partial charge in [0.25, 0.3) is 0 Å². The Morgan fingerprint density at radius 2 is 1.40 bits per heavy atom. The second-order valence-corrected chi connectivity index (χ2v) is 10.1. The summed E-state index contributed by atoms with van der Waals surface area (Å²) in [4.78, 5) is 79.3. The van der Waals surface area contributed by atoms with E-state index in [1.807, 2.05) is 0 Å². The van der Waals surface area contributed by atoms with Crippen LogP contribution in [0.15, 0.2) is 35.3 Å². The molecule has 238 valence electrons. The van der Waals surface area contributed by atoms with Gasteiger partial charge in [-0.15, -0.1) is 0 Å². The predicted molar refractivity (Wildman–Crippen MR) is 152 cm³/mol. The van der Waals surface area contributed by atoms with E-state index in [9.17, 15) is 28.8 Å². The van der Waals surface area contributed by atoms with Crippen molar-refractivity contribution in [3.8, 4) is 11.5 Å². The number of esters is 4. The van der Waals surface area contributed by atoms with E-state index in [2.05, 4.69) is 4.99 Å². The first-order chi connectivity index (χ1) is 21.4. The van der Waals surface area contributed by atoms with Crippen LogP contribution in [0.25, 0.3) is 0 Å². The van der Waals surface area contributed by atoms with Crippen LogP contribution in [0.4, 0.5) is 0 Å². The number of carbonyl (C=O) groups excluding carboxylic acids is 6. The molecule has 0 radical (unpaired) electrons. The maximum Gasteiger partial charge on any atom is 0.305 e. The maximum absolute atomic E-state index is 13.6. The van der Waals surface area contributed by atoms with E-state index in [4.69, 9.17) is 33.2 Å². The minimum atomic E-state index is -1.49. The Morgan fingerprint density at radius 3 is 2.00 bits per heavy atom. The summed E-state index contributed by atoms with van der Waals surface area (Å²) in [5.41, 5.74) is 0.638. The molecular formula is C31H31NO13. The van der Waals surface area contributed by atoms with Gasteiger partial charge in [-0.3, -0.25) is 33.8 Å². The third-order valence-electron chi connectivity index (χ3n) is 6.88. The zero-order valence-electron chi connectivity index (χ0n) is 25.3. The highest BCUT2D eigenvalue weighted by atomic mass is 16.7. The molecule has 4 rings (SSSR count). The Kier molecular flexibility index (Phi) is 9.97. The van der Waals surface area contributed by atoms with Crippen molar-refractivity contribution in [1.82, 2.24) is 0 Å². The van der Waals surface area contributed by atoms with Crippen LogP contribution >= 0.6 is 0 Å². The second-order valence-electron chi connectivity index (χ2n) is 10.1. The number of rotatable bonds is 9. The Balaban J connectivity index is 1.79. The van der Waals surface area contributed by atoms with E-state index in [0.717, 1.165) is 27.7 Å². The predicted octanol–water partition coefficient (Wildman–Crippen LogP) is 1.98. The van der Waals surface area contributed by atoms with Crippen LogP contribution < -0.4 is 9.47 Å². The number of hydrogen-bond donors (Lipinski definition) is 0. The highest BCUT2D eigenvalue weighted by Crippen LogP contribution is 2.38. The van der Waals surface area contributed by atoms with Crippen LogP contribution in [0.5, 0.6) is 11.5 Å². The minimum Gasteiger partial charge on any atom is -0.496 e. The number of hydrogen-bond acceptors (Lipinski definition) is 14. The fourth-order valence-electron chi connectivity index (χ4n) is 5.16. The van der Waals surface area contributed by atoms with E-state index in [1.54, 1.807) is 12.1 Å². The number of ether oxygens (including phenoxy) is 7. The van der Waals surface area contributed by atoms with Crippen LogP contribution in [-0.2, 0) is 42.9 Å². The van der Waals surface area contributed by atoms with E-state index < -0.39 is 72.7 Å². The fourth-order valence-corrected chi connectivity index (χ4v) is 5.16. The fraction of sp³-hybridized carbons (Fsp3) is 0.387. The summed E-state index contributed by atoms with van der Waals surface area (Å²) in [5, 5.41) is 0. The molecule has 1 heterocycles. The van der Waals surface area contributed by atoms with E-state index >= 15 is 0 Å². The largest absolute Gasteiger partial charge is 0.496 e. The maximum atomic E-state index is 13.6. The Labute approximate surface area is 257 Å². The molecule has 2 aliphatic rings. The summed E-state index contributed by atoms with van der Waals surface area (Å²) in [7, 11) is 2.73. The van der Waals surface area contributed by atoms with Gasteiger partial charge in [0.2, 0.25) is 12.1 Å². The summed E-state index contributed by atoms with van der Waals surface area (Å²) < 4.78 is 38.0. The highest BCUT2D eigenvalue weighted by molar-refractivity contribution is 6.30. The number of benzene rings is 2. The van der Waals surface area contributed by atoms with Crippen LogP contribution in [-0.4, -0.2) is 93.1 Å². The van der Waals surface area contributed by atoms with Crippen molar-refractivity contribution in [3.63, 3.8) is 0 Å². The standard InChI is InChI=1S/C31H31NO13/c1-14(33)41-13-23-29(42-15(2)34)30(43-16(3)35)26(31(45-23)44-17(4)36)32-12-18-10-20-25(22(11-18)40-6)28(38)24-19(27(20)37)8-7-9-21(24)39-5/h7-12,23,26,29-31H,13H2,1-6H3/t23-,26-,29-,30+,31?/m1/s1. The molecule has 0 spiro atoms. The monoisotopic (exact) mass is 625 g/mol. The molecule has 0 saturated carbocycles. The molecule has 2 aromatic carbocycles. The summed E-state index contributed by atoms with van der Waals surface area (Å²) in [6, 6.07) is 6.28. The van der Waals surface area contributed by atoms with Gasteiger partial charge in [-0.05, 0) is 23.8 Å². The average molecular weight is 626 g/mol. The van der Waals surface area contributed by atoms with Gasteiger partial charge < -0.3 is 33.2 Å². The first-order valence-electron chi connectivity index (χ1n) is 13.7. The third-order valence-corrected chi connectivity index (χ3v) is 6.88. The smallest absolute Gasteiger partial charge is 0.305 e. The molecule has 0 aromatic heterocycles. The molecule has 0 bridgehead atoms. The van der Waals surface area contributed by atoms with Gasteiger partial charge in [0, 0.05) is 45.0 Å². The number of fused-ring (bicyclic) bond motifs is 2. The summed E-state index contributed by atoms with van der Waals surface area (Å²) in [6.07, 6.45) is -4.12. The topological polar surface area (TPSA) is 179 Å². The normalized spacial score (nSPS) is 22.1. The molecule has 2 aromatic rings. The second kappa shape index (κ2) is 13.7. The lowest BCUT2D eigenvalue weighted by Crippen LogP contribution is -2.61. The summed E-state index contributed by atoms with van der Waals surface area (Å²) in [5.74, 6) is -3.57. The van der Waals surface area contributed by atoms with E-state index in [0.29, 0.717) is 0 Å². The third kappa shape index (κ3) is 7.01. The van der Waals surface area contributed by atoms with Gasteiger partial charge in [-0.25, -0.2) is 0 Å². The van der Waals surface area contributed by atoms with Crippen LogP contribution in [0, 0.1) is 0 Å². The molecule has 0 N–H and O–H groups in total. The quantitative estimate of drug-likeness (QED) is 0.192. The molecule has 14 heteroatoms. The lowest BCUT2D eigenvalue weighted by molar-refractivity contribution is -0.266. The lowest BCUT2D eigenvalue weighted by atomic mass is 9.82. The first kappa shape index (κ1) is 32.8. The zero-order valence-corrected chi connectivity index (χ0v) is 25.3. The van der Waals surface area contributed by atoms with Gasteiger partial charge in [-0.2, -0.15) is 0 Å². The Morgan fingerprint density at radius 1 is 0.778 bits per heavy atom. The molecule has 1 aliphatic heterocycles. The van der Waals surface area contributed by atoms with Gasteiger partial charge in [0.05, 0.1) is 25.3 Å². The number of aliphatic imine (C=N–C) groups is 1. The van der Waals surface area contributed by atoms with Gasteiger partial charge in [0.1, 0.15) is 24.2 Å². The molecular weight excluding hydrogens is 594 g/mol. The van der Waals surface area contributed by atoms with Crippen molar-refractivity contribution in [2.45, 2.75) is 58.3 Å². The summed E-state index contributed by atoms with van der Waals surface area (Å²) in [6.45, 7) is 4.09. The molecule has 14 nitrogen and oxygen atoms in total. The van der Waals surface area contributed by atoms with Crippen molar-refractivity contribution >= 4 is 41.7 Å². The van der Waals surface area contributed by atoms with Crippen molar-refractivity contribution in [3.05, 3.63) is 58.1 Å². The van der Waals surface area contributed by atoms with E-state index in [-0.39, 0.29) is 39.3 Å². The van der Waals surface area contributed by atoms with Crippen molar-refractivity contribution in [1.29, 1.82) is 0 Å². The molecule has 45 heavy (non-hydrogen) atoms. The molecule has 1 unspecified atom stereocenters.